The second kappa shape index (κ2) is 9.65. The fraction of sp³-hybridized carbons (Fsp3) is 0.0263. The maximum Gasteiger partial charge on any atom is 0.160 e. The molecule has 1 aliphatic rings. The first-order chi connectivity index (χ1) is 20.3. The Balaban J connectivity index is 1.27. The van der Waals surface area contributed by atoms with E-state index in [4.69, 9.17) is 9.97 Å². The van der Waals surface area contributed by atoms with Crippen LogP contribution < -0.4 is 0 Å². The van der Waals surface area contributed by atoms with Gasteiger partial charge in [-0.05, 0) is 68.8 Å². The molecular weight excluding hydrogens is 498 g/mol. The van der Waals surface area contributed by atoms with Gasteiger partial charge in [0.1, 0.15) is 0 Å². The highest BCUT2D eigenvalue weighted by molar-refractivity contribution is 6.01. The predicted octanol–water partition coefficient (Wildman–Crippen LogP) is 9.26. The van der Waals surface area contributed by atoms with E-state index in [1.54, 1.807) is 6.20 Å². The van der Waals surface area contributed by atoms with E-state index in [9.17, 15) is 0 Å². The van der Waals surface area contributed by atoms with Crippen LogP contribution >= 0.6 is 0 Å². The van der Waals surface area contributed by atoms with E-state index >= 15 is 0 Å². The fourth-order valence-electron chi connectivity index (χ4n) is 5.94. The van der Waals surface area contributed by atoms with Crippen molar-refractivity contribution in [1.29, 1.82) is 0 Å². The lowest BCUT2D eigenvalue weighted by molar-refractivity contribution is 1.18. The van der Waals surface area contributed by atoms with Crippen LogP contribution in [-0.4, -0.2) is 15.0 Å². The van der Waals surface area contributed by atoms with Crippen molar-refractivity contribution in [2.45, 2.75) is 6.42 Å². The largest absolute Gasteiger partial charge is 0.264 e. The van der Waals surface area contributed by atoms with Crippen LogP contribution in [-0.2, 0) is 6.42 Å². The van der Waals surface area contributed by atoms with E-state index in [0.29, 0.717) is 5.82 Å². The molecule has 2 heterocycles. The SMILES string of the molecule is c1ccc(-c2cc(-c3ccc4c(c3)-c3c(ccc5ccccc35)C4)nc(-c3ccc(-c4cccnc4)cc3)n2)cc1. The van der Waals surface area contributed by atoms with E-state index in [1.807, 2.05) is 18.3 Å². The summed E-state index contributed by atoms with van der Waals surface area (Å²) in [7, 11) is 0. The number of benzene rings is 5. The summed E-state index contributed by atoms with van der Waals surface area (Å²) in [6, 6.07) is 44.9. The first kappa shape index (κ1) is 23.5. The summed E-state index contributed by atoms with van der Waals surface area (Å²) in [5, 5.41) is 2.58. The maximum atomic E-state index is 5.12. The van der Waals surface area contributed by atoms with Gasteiger partial charge in [0.05, 0.1) is 11.4 Å². The molecule has 0 spiro atoms. The van der Waals surface area contributed by atoms with Crippen LogP contribution in [0.4, 0.5) is 0 Å². The summed E-state index contributed by atoms with van der Waals surface area (Å²) in [6.07, 6.45) is 4.64. The average molecular weight is 524 g/mol. The van der Waals surface area contributed by atoms with E-state index in [1.165, 1.54) is 33.0 Å². The van der Waals surface area contributed by atoms with Gasteiger partial charge in [-0.25, -0.2) is 9.97 Å². The number of fused-ring (bicyclic) bond motifs is 5. The van der Waals surface area contributed by atoms with Crippen molar-refractivity contribution in [3.8, 4) is 56.2 Å². The molecular formula is C38H25N3. The van der Waals surface area contributed by atoms with Gasteiger partial charge in [-0.1, -0.05) is 109 Å². The minimum absolute atomic E-state index is 0.713. The lowest BCUT2D eigenvalue weighted by Gasteiger charge is -2.12. The second-order valence-corrected chi connectivity index (χ2v) is 10.5. The highest BCUT2D eigenvalue weighted by atomic mass is 14.9. The van der Waals surface area contributed by atoms with Crippen molar-refractivity contribution in [3.63, 3.8) is 0 Å². The second-order valence-electron chi connectivity index (χ2n) is 10.5. The lowest BCUT2D eigenvalue weighted by atomic mass is 9.96. The van der Waals surface area contributed by atoms with E-state index in [0.717, 1.165) is 45.6 Å². The molecule has 5 aromatic carbocycles. The third kappa shape index (κ3) is 4.19. The van der Waals surface area contributed by atoms with Gasteiger partial charge in [0, 0.05) is 29.1 Å². The summed E-state index contributed by atoms with van der Waals surface area (Å²) < 4.78 is 0. The van der Waals surface area contributed by atoms with Crippen molar-refractivity contribution in [2.75, 3.05) is 0 Å². The summed E-state index contributed by atoms with van der Waals surface area (Å²) in [6.45, 7) is 0. The smallest absolute Gasteiger partial charge is 0.160 e. The van der Waals surface area contributed by atoms with Gasteiger partial charge in [0.15, 0.2) is 5.82 Å². The summed E-state index contributed by atoms with van der Waals surface area (Å²) in [5.74, 6) is 0.713. The molecule has 0 N–H and O–H groups in total. The Bertz CT molecular complexity index is 2050. The Morgan fingerprint density at radius 2 is 1.20 bits per heavy atom. The zero-order valence-electron chi connectivity index (χ0n) is 22.3. The van der Waals surface area contributed by atoms with Gasteiger partial charge < -0.3 is 0 Å². The van der Waals surface area contributed by atoms with Crippen molar-refractivity contribution in [3.05, 3.63) is 151 Å². The van der Waals surface area contributed by atoms with Crippen LogP contribution in [0.2, 0.25) is 0 Å². The summed E-state index contributed by atoms with van der Waals surface area (Å²) >= 11 is 0. The Labute approximate surface area is 238 Å². The zero-order valence-corrected chi connectivity index (χ0v) is 22.3. The van der Waals surface area contributed by atoms with Gasteiger partial charge in [-0.2, -0.15) is 0 Å². The Morgan fingerprint density at radius 1 is 0.488 bits per heavy atom. The van der Waals surface area contributed by atoms with Gasteiger partial charge in [-0.3, -0.25) is 4.98 Å². The number of pyridine rings is 1. The number of hydrogen-bond donors (Lipinski definition) is 0. The van der Waals surface area contributed by atoms with E-state index < -0.39 is 0 Å². The number of rotatable bonds is 4. The topological polar surface area (TPSA) is 38.7 Å². The van der Waals surface area contributed by atoms with E-state index in [2.05, 4.69) is 120 Å². The third-order valence-electron chi connectivity index (χ3n) is 8.00. The molecule has 2 aromatic heterocycles. The molecule has 0 aliphatic heterocycles. The molecule has 3 heteroatoms. The fourth-order valence-corrected chi connectivity index (χ4v) is 5.94. The van der Waals surface area contributed by atoms with Crippen LogP contribution in [0.5, 0.6) is 0 Å². The standard InChI is InChI=1S/C38H25N3/c1-2-8-27(9-3-1)35-23-36(41-38(40-35)28-15-12-25(13-16-28)32-10-6-20-39-24-32)30-18-17-29-21-31-19-14-26-7-4-5-11-33(26)37(31)34(29)22-30/h1-20,22-24H,21H2. The van der Waals surface area contributed by atoms with Crippen LogP contribution in [0.3, 0.4) is 0 Å². The Morgan fingerprint density at radius 3 is 2.02 bits per heavy atom. The molecule has 192 valence electrons. The normalized spacial score (nSPS) is 11.8. The van der Waals surface area contributed by atoms with Crippen LogP contribution in [0.1, 0.15) is 11.1 Å². The average Bonchev–Trinajstić information content (AvgIpc) is 3.44. The molecule has 8 rings (SSSR count). The molecule has 0 atom stereocenters. The number of hydrogen-bond acceptors (Lipinski definition) is 3. The maximum absolute atomic E-state index is 5.12. The van der Waals surface area contributed by atoms with Crippen LogP contribution in [0, 0.1) is 0 Å². The molecule has 0 amide bonds. The van der Waals surface area contributed by atoms with E-state index in [-0.39, 0.29) is 0 Å². The Kier molecular flexibility index (Phi) is 5.53. The molecule has 0 fully saturated rings. The molecule has 0 radical (unpaired) electrons. The first-order valence-corrected chi connectivity index (χ1v) is 13.9. The van der Waals surface area contributed by atoms with Gasteiger partial charge >= 0.3 is 0 Å². The monoisotopic (exact) mass is 523 g/mol. The molecule has 0 bridgehead atoms. The highest BCUT2D eigenvalue weighted by Crippen LogP contribution is 2.43. The molecule has 0 unspecified atom stereocenters. The lowest BCUT2D eigenvalue weighted by Crippen LogP contribution is -1.96. The summed E-state index contributed by atoms with van der Waals surface area (Å²) in [4.78, 5) is 14.4. The minimum Gasteiger partial charge on any atom is -0.264 e. The molecule has 3 nitrogen and oxygen atoms in total. The van der Waals surface area contributed by atoms with Crippen molar-refractivity contribution in [1.82, 2.24) is 15.0 Å². The number of nitrogens with zero attached hydrogens (tertiary/aromatic N) is 3. The molecule has 1 aliphatic carbocycles. The van der Waals surface area contributed by atoms with Crippen molar-refractivity contribution in [2.24, 2.45) is 0 Å². The molecule has 7 aromatic rings. The zero-order chi connectivity index (χ0) is 27.2. The molecule has 0 saturated carbocycles. The summed E-state index contributed by atoms with van der Waals surface area (Å²) in [5.41, 5.74) is 12.6. The van der Waals surface area contributed by atoms with Crippen LogP contribution in [0.25, 0.3) is 66.9 Å². The Hall–Kier alpha value is -5.41. The molecule has 0 saturated heterocycles. The van der Waals surface area contributed by atoms with Gasteiger partial charge in [0.2, 0.25) is 0 Å². The quantitative estimate of drug-likeness (QED) is 0.231. The molecule has 41 heavy (non-hydrogen) atoms. The van der Waals surface area contributed by atoms with Crippen molar-refractivity contribution >= 4 is 10.8 Å². The number of aromatic nitrogens is 3. The third-order valence-corrected chi connectivity index (χ3v) is 8.00. The van der Waals surface area contributed by atoms with Gasteiger partial charge in [-0.15, -0.1) is 0 Å². The highest BCUT2D eigenvalue weighted by Gasteiger charge is 2.22. The minimum atomic E-state index is 0.713. The van der Waals surface area contributed by atoms with Crippen molar-refractivity contribution < 1.29 is 0 Å². The first-order valence-electron chi connectivity index (χ1n) is 13.9. The predicted molar refractivity (Wildman–Crippen MR) is 167 cm³/mol. The van der Waals surface area contributed by atoms with Gasteiger partial charge in [0.25, 0.3) is 0 Å². The van der Waals surface area contributed by atoms with Crippen LogP contribution in [0.15, 0.2) is 140 Å².